The summed E-state index contributed by atoms with van der Waals surface area (Å²) < 4.78 is 5.41. The van der Waals surface area contributed by atoms with E-state index in [-0.39, 0.29) is 12.1 Å². The zero-order valence-electron chi connectivity index (χ0n) is 11.0. The molecular weight excluding hydrogens is 269 g/mol. The average Bonchev–Trinajstić information content (AvgIpc) is 2.24. The van der Waals surface area contributed by atoms with Crippen molar-refractivity contribution in [2.75, 3.05) is 6.61 Å². The van der Waals surface area contributed by atoms with Crippen molar-refractivity contribution in [2.45, 2.75) is 32.9 Å². The molecule has 0 radical (unpaired) electrons. The molecule has 1 aromatic rings. The maximum Gasteiger partial charge on any atom is 0.138 e. The van der Waals surface area contributed by atoms with Crippen LogP contribution in [-0.2, 0) is 6.54 Å². The van der Waals surface area contributed by atoms with Gasteiger partial charge in [-0.1, -0.05) is 35.8 Å². The molecule has 0 spiro atoms. The molecule has 1 aromatic carbocycles. The molecule has 1 N–H and O–H groups in total. The molecular formula is C14H19Cl2NO. The number of rotatable bonds is 5. The summed E-state index contributed by atoms with van der Waals surface area (Å²) in [4.78, 5) is 0. The van der Waals surface area contributed by atoms with Crippen molar-refractivity contribution in [3.8, 4) is 5.75 Å². The second kappa shape index (κ2) is 6.46. The first-order valence-corrected chi connectivity index (χ1v) is 6.53. The summed E-state index contributed by atoms with van der Waals surface area (Å²) in [6.07, 6.45) is 0. The predicted octanol–water partition coefficient (Wildman–Crippen LogP) is 4.36. The number of nitrogens with one attached hydrogen (secondary N) is 1. The van der Waals surface area contributed by atoms with E-state index in [1.165, 1.54) is 0 Å². The largest absolute Gasteiger partial charge is 0.486 e. The summed E-state index contributed by atoms with van der Waals surface area (Å²) in [5.74, 6) is 0.623. The minimum absolute atomic E-state index is 0.0814. The Morgan fingerprint density at radius 1 is 1.39 bits per heavy atom. The van der Waals surface area contributed by atoms with Crippen LogP contribution in [0.4, 0.5) is 0 Å². The van der Waals surface area contributed by atoms with E-state index in [4.69, 9.17) is 27.9 Å². The Kier molecular flexibility index (Phi) is 5.51. The number of hydrogen-bond acceptors (Lipinski definition) is 2. The van der Waals surface area contributed by atoms with E-state index in [9.17, 15) is 0 Å². The van der Waals surface area contributed by atoms with Gasteiger partial charge in [0, 0.05) is 17.1 Å². The van der Waals surface area contributed by atoms with E-state index in [1.807, 2.05) is 18.2 Å². The van der Waals surface area contributed by atoms with Crippen LogP contribution in [0.15, 0.2) is 29.8 Å². The summed E-state index contributed by atoms with van der Waals surface area (Å²) in [6, 6.07) is 5.73. The van der Waals surface area contributed by atoms with Gasteiger partial charge in [-0.3, -0.25) is 0 Å². The van der Waals surface area contributed by atoms with Gasteiger partial charge in [-0.2, -0.15) is 0 Å². The van der Waals surface area contributed by atoms with Gasteiger partial charge in [0.2, 0.25) is 0 Å². The quantitative estimate of drug-likeness (QED) is 0.869. The molecule has 100 valence electrons. The van der Waals surface area contributed by atoms with E-state index in [0.717, 1.165) is 12.1 Å². The summed E-state index contributed by atoms with van der Waals surface area (Å²) in [7, 11) is 0. The second-order valence-corrected chi connectivity index (χ2v) is 6.12. The van der Waals surface area contributed by atoms with E-state index >= 15 is 0 Å². The molecule has 1 rings (SSSR count). The summed E-state index contributed by atoms with van der Waals surface area (Å²) >= 11 is 11.8. The molecule has 0 saturated heterocycles. The van der Waals surface area contributed by atoms with Crippen LogP contribution in [0.1, 0.15) is 26.3 Å². The van der Waals surface area contributed by atoms with Crippen LogP contribution in [0.25, 0.3) is 0 Å². The zero-order valence-corrected chi connectivity index (χ0v) is 12.5. The SMILES string of the molecule is C=C(Cl)COc1ccc(CNC(C)(C)C)cc1Cl. The molecule has 0 fully saturated rings. The molecule has 18 heavy (non-hydrogen) atoms. The second-order valence-electron chi connectivity index (χ2n) is 5.17. The number of benzene rings is 1. The Balaban J connectivity index is 2.64. The zero-order chi connectivity index (χ0) is 13.8. The lowest BCUT2D eigenvalue weighted by molar-refractivity contribution is 0.359. The van der Waals surface area contributed by atoms with Crippen LogP contribution in [0, 0.1) is 0 Å². The van der Waals surface area contributed by atoms with Crippen LogP contribution in [0.2, 0.25) is 5.02 Å². The Morgan fingerprint density at radius 2 is 2.06 bits per heavy atom. The van der Waals surface area contributed by atoms with Crippen molar-refractivity contribution in [3.63, 3.8) is 0 Å². The van der Waals surface area contributed by atoms with Gasteiger partial charge in [0.1, 0.15) is 12.4 Å². The summed E-state index contributed by atoms with van der Waals surface area (Å²) in [5, 5.41) is 4.43. The number of ether oxygens (including phenoxy) is 1. The molecule has 0 heterocycles. The van der Waals surface area contributed by atoms with Gasteiger partial charge in [0.15, 0.2) is 0 Å². The van der Waals surface area contributed by atoms with Gasteiger partial charge in [-0.25, -0.2) is 0 Å². The van der Waals surface area contributed by atoms with Gasteiger partial charge >= 0.3 is 0 Å². The first-order chi connectivity index (χ1) is 8.28. The minimum Gasteiger partial charge on any atom is -0.486 e. The van der Waals surface area contributed by atoms with Crippen molar-refractivity contribution in [1.82, 2.24) is 5.32 Å². The Bertz CT molecular complexity index is 424. The van der Waals surface area contributed by atoms with E-state index in [1.54, 1.807) is 0 Å². The molecule has 0 unspecified atom stereocenters. The molecule has 0 atom stereocenters. The average molecular weight is 288 g/mol. The summed E-state index contributed by atoms with van der Waals surface area (Å²) in [5.41, 5.74) is 1.20. The molecule has 0 aliphatic rings. The molecule has 2 nitrogen and oxygen atoms in total. The normalized spacial score (nSPS) is 11.4. The van der Waals surface area contributed by atoms with Gasteiger partial charge in [0.25, 0.3) is 0 Å². The Hall–Kier alpha value is -0.700. The smallest absolute Gasteiger partial charge is 0.138 e. The molecule has 0 aliphatic carbocycles. The predicted molar refractivity (Wildman–Crippen MR) is 78.5 cm³/mol. The number of hydrogen-bond donors (Lipinski definition) is 1. The molecule has 0 saturated carbocycles. The van der Waals surface area contributed by atoms with Crippen molar-refractivity contribution in [3.05, 3.63) is 40.4 Å². The fraction of sp³-hybridized carbons (Fsp3) is 0.429. The van der Waals surface area contributed by atoms with Crippen LogP contribution in [-0.4, -0.2) is 12.1 Å². The minimum atomic E-state index is 0.0814. The van der Waals surface area contributed by atoms with Crippen LogP contribution < -0.4 is 10.1 Å². The monoisotopic (exact) mass is 287 g/mol. The maximum atomic E-state index is 6.14. The van der Waals surface area contributed by atoms with Crippen molar-refractivity contribution in [2.24, 2.45) is 0 Å². The van der Waals surface area contributed by atoms with Crippen molar-refractivity contribution in [1.29, 1.82) is 0 Å². The van der Waals surface area contributed by atoms with Crippen LogP contribution in [0.5, 0.6) is 5.75 Å². The molecule has 0 amide bonds. The van der Waals surface area contributed by atoms with Gasteiger partial charge in [-0.05, 0) is 38.5 Å². The Morgan fingerprint density at radius 3 is 2.56 bits per heavy atom. The van der Waals surface area contributed by atoms with Crippen LogP contribution in [0.3, 0.4) is 0 Å². The third kappa shape index (κ3) is 5.76. The highest BCUT2D eigenvalue weighted by atomic mass is 35.5. The molecule has 0 bridgehead atoms. The summed E-state index contributed by atoms with van der Waals surface area (Å²) in [6.45, 7) is 11.0. The Labute approximate surface area is 119 Å². The molecule has 0 aromatic heterocycles. The fourth-order valence-electron chi connectivity index (χ4n) is 1.29. The lowest BCUT2D eigenvalue weighted by Gasteiger charge is -2.20. The van der Waals surface area contributed by atoms with Gasteiger partial charge in [0.05, 0.1) is 5.02 Å². The molecule has 0 aliphatic heterocycles. The van der Waals surface area contributed by atoms with Gasteiger partial charge < -0.3 is 10.1 Å². The standard InChI is InChI=1S/C14H19Cl2NO/c1-10(15)9-18-13-6-5-11(7-12(13)16)8-17-14(2,3)4/h5-7,17H,1,8-9H2,2-4H3. The van der Waals surface area contributed by atoms with Crippen molar-refractivity contribution < 1.29 is 4.74 Å². The number of halogens is 2. The third-order valence-electron chi connectivity index (χ3n) is 2.20. The molecule has 4 heteroatoms. The highest BCUT2D eigenvalue weighted by Crippen LogP contribution is 2.26. The lowest BCUT2D eigenvalue weighted by atomic mass is 10.1. The highest BCUT2D eigenvalue weighted by Gasteiger charge is 2.09. The van der Waals surface area contributed by atoms with Crippen LogP contribution >= 0.6 is 23.2 Å². The van der Waals surface area contributed by atoms with Gasteiger partial charge in [-0.15, -0.1) is 0 Å². The first-order valence-electron chi connectivity index (χ1n) is 5.77. The first kappa shape index (κ1) is 15.4. The third-order valence-corrected chi connectivity index (χ3v) is 2.61. The van der Waals surface area contributed by atoms with E-state index < -0.39 is 0 Å². The lowest BCUT2D eigenvalue weighted by Crippen LogP contribution is -2.35. The van der Waals surface area contributed by atoms with E-state index in [2.05, 4.69) is 32.7 Å². The topological polar surface area (TPSA) is 21.3 Å². The maximum absolute atomic E-state index is 6.14. The highest BCUT2D eigenvalue weighted by molar-refractivity contribution is 6.32. The fourth-order valence-corrected chi connectivity index (χ4v) is 1.61. The van der Waals surface area contributed by atoms with Crippen molar-refractivity contribution >= 4 is 23.2 Å². The van der Waals surface area contributed by atoms with E-state index in [0.29, 0.717) is 15.8 Å².